The summed E-state index contributed by atoms with van der Waals surface area (Å²) >= 11 is 0. The summed E-state index contributed by atoms with van der Waals surface area (Å²) in [6.45, 7) is 7.77. The summed E-state index contributed by atoms with van der Waals surface area (Å²) in [6, 6.07) is 3.63. The predicted molar refractivity (Wildman–Crippen MR) is 108 cm³/mol. The number of fused-ring (bicyclic) bond motifs is 1. The first-order chi connectivity index (χ1) is 13.8. The van der Waals surface area contributed by atoms with Gasteiger partial charge in [-0.3, -0.25) is 14.4 Å². The number of nitrogens with two attached hydrogens (primary N) is 1. The van der Waals surface area contributed by atoms with Gasteiger partial charge in [0.25, 0.3) is 5.91 Å². The van der Waals surface area contributed by atoms with Gasteiger partial charge >= 0.3 is 0 Å². The molecular formula is C20H27N3O6S. The van der Waals surface area contributed by atoms with Crippen LogP contribution >= 0.6 is 0 Å². The lowest BCUT2D eigenvalue weighted by Crippen LogP contribution is -2.57. The van der Waals surface area contributed by atoms with E-state index in [9.17, 15) is 22.8 Å². The molecule has 1 unspecified atom stereocenters. The zero-order valence-corrected chi connectivity index (χ0v) is 18.2. The van der Waals surface area contributed by atoms with Gasteiger partial charge < -0.3 is 15.0 Å². The number of nitrogens with one attached hydrogen (secondary N) is 1. The van der Waals surface area contributed by atoms with Crippen molar-refractivity contribution in [2.45, 2.75) is 50.8 Å². The van der Waals surface area contributed by atoms with Crippen molar-refractivity contribution in [1.29, 1.82) is 0 Å². The Morgan fingerprint density at radius 3 is 2.37 bits per heavy atom. The number of hydrogen-bond donors (Lipinski definition) is 2. The highest BCUT2D eigenvalue weighted by molar-refractivity contribution is 7.89. The van der Waals surface area contributed by atoms with Gasteiger partial charge in [-0.2, -0.15) is 0 Å². The molecule has 0 bridgehead atoms. The Balaban J connectivity index is 1.82. The van der Waals surface area contributed by atoms with Gasteiger partial charge in [0.05, 0.1) is 11.0 Å². The molecule has 0 saturated carbocycles. The first-order valence-electron chi connectivity index (χ1n) is 9.69. The van der Waals surface area contributed by atoms with Crippen molar-refractivity contribution in [3.05, 3.63) is 29.8 Å². The van der Waals surface area contributed by atoms with E-state index in [2.05, 4.69) is 5.32 Å². The van der Waals surface area contributed by atoms with E-state index in [1.807, 2.05) is 27.7 Å². The quantitative estimate of drug-likeness (QED) is 0.695. The van der Waals surface area contributed by atoms with Crippen molar-refractivity contribution < 1.29 is 27.5 Å². The molecule has 2 aliphatic rings. The second-order valence-corrected chi connectivity index (χ2v) is 10.6. The minimum Gasteiger partial charge on any atom is -0.367 e. The van der Waals surface area contributed by atoms with E-state index in [0.29, 0.717) is 6.54 Å². The second-order valence-electron chi connectivity index (χ2n) is 9.00. The van der Waals surface area contributed by atoms with Crippen LogP contribution in [0, 0.1) is 11.3 Å². The van der Waals surface area contributed by atoms with Crippen LogP contribution in [0.1, 0.15) is 38.1 Å². The Labute approximate surface area is 176 Å². The molecule has 2 heterocycles. The first kappa shape index (κ1) is 22.4. The topological polar surface area (TPSA) is 136 Å². The maximum atomic E-state index is 13.4. The van der Waals surface area contributed by atoms with E-state index in [0.717, 1.165) is 0 Å². The Hall–Kier alpha value is -2.30. The van der Waals surface area contributed by atoms with Gasteiger partial charge in [-0.25, -0.2) is 13.6 Å². The molecule has 3 N–H and O–H groups in total. The number of ether oxygens (including phenoxy) is 1. The number of sulfonamides is 1. The molecule has 2 amide bonds. The standard InChI is InChI=1S/C20H27N3O6S/c1-11-9-23(15-14(24)10-29-16(11)15)19(26)17(20(2,3)4)22-18(25)12-5-7-13(8-6-12)30(21,27)28/h5-8,11,15-17H,9-10H2,1-4H3,(H,22,25)(H2,21,27,28)/t11-,15-,16-,17?/m1/s1. The molecule has 0 spiro atoms. The van der Waals surface area contributed by atoms with E-state index in [-0.39, 0.29) is 40.8 Å². The van der Waals surface area contributed by atoms with Gasteiger partial charge in [0.15, 0.2) is 5.78 Å². The molecule has 1 aromatic carbocycles. The summed E-state index contributed by atoms with van der Waals surface area (Å²) < 4.78 is 28.3. The van der Waals surface area contributed by atoms with E-state index in [1.54, 1.807) is 0 Å². The molecular weight excluding hydrogens is 410 g/mol. The maximum absolute atomic E-state index is 13.4. The number of Topliss-reactive ketones (excluding diaryl/α,β-unsaturated/α-hetero) is 1. The van der Waals surface area contributed by atoms with Crippen LogP contribution in [-0.4, -0.2) is 62.3 Å². The first-order valence-corrected chi connectivity index (χ1v) is 11.2. The third-order valence-electron chi connectivity index (χ3n) is 5.56. The van der Waals surface area contributed by atoms with Crippen LogP contribution in [-0.2, 0) is 24.3 Å². The minimum absolute atomic E-state index is 0.00754. The molecule has 9 nitrogen and oxygen atoms in total. The number of carbonyl (C=O) groups is 3. The van der Waals surface area contributed by atoms with Crippen molar-refractivity contribution in [2.24, 2.45) is 16.5 Å². The molecule has 0 aromatic heterocycles. The molecule has 3 rings (SSSR count). The SMILES string of the molecule is C[C@@H]1CN(C(=O)C(NC(=O)c2ccc(S(N)(=O)=O)cc2)C(C)(C)C)[C@@H]2C(=O)CO[C@H]12. The third kappa shape index (κ3) is 4.26. The summed E-state index contributed by atoms with van der Waals surface area (Å²) in [4.78, 5) is 39.9. The monoisotopic (exact) mass is 437 g/mol. The zero-order valence-electron chi connectivity index (χ0n) is 17.4. The molecule has 0 radical (unpaired) electrons. The van der Waals surface area contributed by atoms with E-state index in [1.165, 1.54) is 29.2 Å². The van der Waals surface area contributed by atoms with Gasteiger partial charge in [-0.1, -0.05) is 27.7 Å². The van der Waals surface area contributed by atoms with Crippen LogP contribution in [0.2, 0.25) is 0 Å². The lowest BCUT2D eigenvalue weighted by molar-refractivity contribution is -0.140. The van der Waals surface area contributed by atoms with Crippen LogP contribution in [0.4, 0.5) is 0 Å². The molecule has 164 valence electrons. The number of nitrogens with zero attached hydrogens (tertiary/aromatic N) is 1. The lowest BCUT2D eigenvalue weighted by atomic mass is 9.85. The number of likely N-dealkylation sites (tertiary alicyclic amines) is 1. The highest BCUT2D eigenvalue weighted by atomic mass is 32.2. The molecule has 30 heavy (non-hydrogen) atoms. The van der Waals surface area contributed by atoms with Crippen LogP contribution in [0.15, 0.2) is 29.2 Å². The van der Waals surface area contributed by atoms with Gasteiger partial charge in [0.2, 0.25) is 15.9 Å². The summed E-state index contributed by atoms with van der Waals surface area (Å²) in [5.74, 6) is -0.972. The van der Waals surface area contributed by atoms with E-state index in [4.69, 9.17) is 9.88 Å². The van der Waals surface area contributed by atoms with Crippen LogP contribution in [0.25, 0.3) is 0 Å². The van der Waals surface area contributed by atoms with Gasteiger partial charge in [0, 0.05) is 18.0 Å². The largest absolute Gasteiger partial charge is 0.367 e. The molecule has 0 aliphatic carbocycles. The zero-order chi connectivity index (χ0) is 22.4. The number of hydrogen-bond acceptors (Lipinski definition) is 6. The van der Waals surface area contributed by atoms with Gasteiger partial charge in [-0.15, -0.1) is 0 Å². The number of primary sulfonamides is 1. The fraction of sp³-hybridized carbons (Fsp3) is 0.550. The molecule has 2 fully saturated rings. The average molecular weight is 438 g/mol. The van der Waals surface area contributed by atoms with Crippen molar-refractivity contribution in [3.8, 4) is 0 Å². The Morgan fingerprint density at radius 1 is 1.23 bits per heavy atom. The average Bonchev–Trinajstić information content (AvgIpc) is 3.18. The van der Waals surface area contributed by atoms with Crippen molar-refractivity contribution in [1.82, 2.24) is 10.2 Å². The number of ketones is 1. The second kappa shape index (κ2) is 7.75. The van der Waals surface area contributed by atoms with Crippen LogP contribution < -0.4 is 10.5 Å². The molecule has 10 heteroatoms. The smallest absolute Gasteiger partial charge is 0.251 e. The van der Waals surface area contributed by atoms with Crippen LogP contribution in [0.3, 0.4) is 0 Å². The Morgan fingerprint density at radius 2 is 1.83 bits per heavy atom. The summed E-state index contributed by atoms with van der Waals surface area (Å²) in [7, 11) is -3.87. The summed E-state index contributed by atoms with van der Waals surface area (Å²) in [5, 5.41) is 7.83. The normalized spacial score (nSPS) is 25.2. The molecule has 4 atom stereocenters. The Kier molecular flexibility index (Phi) is 5.78. The predicted octanol–water partition coefficient (Wildman–Crippen LogP) is 0.293. The summed E-state index contributed by atoms with van der Waals surface area (Å²) in [5.41, 5.74) is -0.436. The Bertz CT molecular complexity index is 967. The molecule has 2 saturated heterocycles. The fourth-order valence-electron chi connectivity index (χ4n) is 3.94. The maximum Gasteiger partial charge on any atom is 0.251 e. The third-order valence-corrected chi connectivity index (χ3v) is 6.49. The highest BCUT2D eigenvalue weighted by Gasteiger charge is 2.52. The van der Waals surface area contributed by atoms with Gasteiger partial charge in [0.1, 0.15) is 18.7 Å². The van der Waals surface area contributed by atoms with E-state index < -0.39 is 33.4 Å². The molecule has 2 aliphatic heterocycles. The lowest BCUT2D eigenvalue weighted by Gasteiger charge is -2.35. The van der Waals surface area contributed by atoms with E-state index >= 15 is 0 Å². The highest BCUT2D eigenvalue weighted by Crippen LogP contribution is 2.33. The molecule has 1 aromatic rings. The summed E-state index contributed by atoms with van der Waals surface area (Å²) in [6.07, 6.45) is -0.316. The minimum atomic E-state index is -3.87. The van der Waals surface area contributed by atoms with Crippen molar-refractivity contribution in [2.75, 3.05) is 13.2 Å². The fourth-order valence-corrected chi connectivity index (χ4v) is 4.46. The number of rotatable bonds is 4. The van der Waals surface area contributed by atoms with Crippen molar-refractivity contribution in [3.63, 3.8) is 0 Å². The van der Waals surface area contributed by atoms with Gasteiger partial charge in [-0.05, 0) is 29.7 Å². The van der Waals surface area contributed by atoms with Crippen LogP contribution in [0.5, 0.6) is 0 Å². The number of carbonyl (C=O) groups excluding carboxylic acids is 3. The van der Waals surface area contributed by atoms with Crippen molar-refractivity contribution >= 4 is 27.6 Å². The number of benzene rings is 1. The number of amides is 2.